The fourth-order valence-corrected chi connectivity index (χ4v) is 3.02. The lowest BCUT2D eigenvalue weighted by Gasteiger charge is -2.43. The molecule has 1 heterocycles. The van der Waals surface area contributed by atoms with Gasteiger partial charge in [-0.2, -0.15) is 4.98 Å². The third-order valence-corrected chi connectivity index (χ3v) is 4.41. The van der Waals surface area contributed by atoms with Crippen molar-refractivity contribution in [2.24, 2.45) is 0 Å². The minimum Gasteiger partial charge on any atom is -0.496 e. The van der Waals surface area contributed by atoms with Gasteiger partial charge in [-0.1, -0.05) is 24.6 Å². The van der Waals surface area contributed by atoms with Gasteiger partial charge in [0.1, 0.15) is 5.75 Å². The summed E-state index contributed by atoms with van der Waals surface area (Å²) in [7, 11) is 3.33. The van der Waals surface area contributed by atoms with E-state index in [9.17, 15) is 0 Å². The van der Waals surface area contributed by atoms with Gasteiger partial charge in [0.15, 0.2) is 0 Å². The molecule has 1 aromatic heterocycles. The van der Waals surface area contributed by atoms with Crippen LogP contribution in [-0.2, 0) is 5.41 Å². The summed E-state index contributed by atoms with van der Waals surface area (Å²) in [5.41, 5.74) is 1.36. The Hall–Kier alpha value is -2.30. The molecule has 116 valence electrons. The van der Waals surface area contributed by atoms with E-state index in [1.807, 2.05) is 12.1 Å². The molecule has 1 aliphatic rings. The van der Waals surface area contributed by atoms with Crippen LogP contribution in [0.3, 0.4) is 0 Å². The number of hydrogen-bond donors (Lipinski definition) is 1. The van der Waals surface area contributed by atoms with Crippen LogP contribution < -0.4 is 14.8 Å². The number of hydrogen-bond acceptors (Lipinski definition) is 5. The molecule has 22 heavy (non-hydrogen) atoms. The topological polar surface area (TPSA) is 56.3 Å². The zero-order valence-corrected chi connectivity index (χ0v) is 13.0. The molecule has 1 saturated carbocycles. The second-order valence-corrected chi connectivity index (χ2v) is 5.61. The average molecular weight is 299 g/mol. The highest BCUT2D eigenvalue weighted by Gasteiger charge is 2.40. The second-order valence-electron chi connectivity index (χ2n) is 5.61. The molecule has 1 aromatic carbocycles. The number of ether oxygens (including phenoxy) is 2. The second kappa shape index (κ2) is 6.22. The van der Waals surface area contributed by atoms with Gasteiger partial charge in [0.05, 0.1) is 14.2 Å². The Morgan fingerprint density at radius 3 is 2.64 bits per heavy atom. The molecule has 1 fully saturated rings. The maximum atomic E-state index is 5.54. The number of nitrogens with zero attached hydrogens (tertiary/aromatic N) is 2. The van der Waals surface area contributed by atoms with Crippen LogP contribution in [0.2, 0.25) is 0 Å². The van der Waals surface area contributed by atoms with Gasteiger partial charge < -0.3 is 14.8 Å². The van der Waals surface area contributed by atoms with Gasteiger partial charge in [-0.25, -0.2) is 4.98 Å². The Morgan fingerprint density at radius 1 is 1.14 bits per heavy atom. The first kappa shape index (κ1) is 14.6. The predicted octanol–water partition coefficient (Wildman–Crippen LogP) is 3.03. The molecule has 0 radical (unpaired) electrons. The maximum absolute atomic E-state index is 5.54. The highest BCUT2D eigenvalue weighted by Crippen LogP contribution is 2.47. The van der Waals surface area contributed by atoms with Crippen LogP contribution in [0.4, 0.5) is 5.95 Å². The molecule has 1 N–H and O–H groups in total. The smallest absolute Gasteiger partial charge is 0.225 e. The fourth-order valence-electron chi connectivity index (χ4n) is 3.02. The number of aromatic nitrogens is 2. The zero-order chi connectivity index (χ0) is 15.4. The van der Waals surface area contributed by atoms with E-state index in [2.05, 4.69) is 27.4 Å². The Balaban J connectivity index is 1.79. The van der Waals surface area contributed by atoms with Crippen molar-refractivity contribution in [3.63, 3.8) is 0 Å². The largest absolute Gasteiger partial charge is 0.496 e. The predicted molar refractivity (Wildman–Crippen MR) is 85.6 cm³/mol. The Morgan fingerprint density at radius 2 is 1.95 bits per heavy atom. The van der Waals surface area contributed by atoms with Crippen LogP contribution in [0.25, 0.3) is 0 Å². The number of nitrogens with one attached hydrogen (secondary N) is 1. The number of rotatable bonds is 6. The van der Waals surface area contributed by atoms with Crippen LogP contribution in [0.15, 0.2) is 36.5 Å². The summed E-state index contributed by atoms with van der Waals surface area (Å²) in [5, 5.41) is 3.35. The van der Waals surface area contributed by atoms with Gasteiger partial charge in [0, 0.05) is 29.8 Å². The van der Waals surface area contributed by atoms with Crippen molar-refractivity contribution in [1.82, 2.24) is 9.97 Å². The summed E-state index contributed by atoms with van der Waals surface area (Å²) in [5.74, 6) is 2.12. The molecular formula is C17H21N3O2. The van der Waals surface area contributed by atoms with E-state index in [1.165, 1.54) is 12.0 Å². The Kier molecular flexibility index (Phi) is 4.13. The van der Waals surface area contributed by atoms with E-state index in [-0.39, 0.29) is 5.41 Å². The summed E-state index contributed by atoms with van der Waals surface area (Å²) in [4.78, 5) is 8.56. The molecule has 0 unspecified atom stereocenters. The van der Waals surface area contributed by atoms with E-state index in [1.54, 1.807) is 26.5 Å². The molecule has 0 bridgehead atoms. The standard InChI is InChI=1S/C17H21N3O2/c1-21-14-7-4-3-6-13(14)17(9-5-10-17)12-19-16-18-11-8-15(20-16)22-2/h3-4,6-8,11H,5,9-10,12H2,1-2H3,(H,18,19,20). The van der Waals surface area contributed by atoms with Crippen LogP contribution in [0.5, 0.6) is 11.6 Å². The van der Waals surface area contributed by atoms with Crippen molar-refractivity contribution in [1.29, 1.82) is 0 Å². The normalized spacial score (nSPS) is 15.7. The average Bonchev–Trinajstić information content (AvgIpc) is 2.54. The van der Waals surface area contributed by atoms with Crippen LogP contribution >= 0.6 is 0 Å². The molecule has 0 amide bonds. The fraction of sp³-hybridized carbons (Fsp3) is 0.412. The van der Waals surface area contributed by atoms with Gasteiger partial charge in [-0.05, 0) is 18.9 Å². The zero-order valence-electron chi connectivity index (χ0n) is 13.0. The molecule has 0 aliphatic heterocycles. The lowest BCUT2D eigenvalue weighted by Crippen LogP contribution is -2.41. The summed E-state index contributed by atoms with van der Waals surface area (Å²) in [6, 6.07) is 10.0. The molecule has 2 aromatic rings. The van der Waals surface area contributed by atoms with Crippen LogP contribution in [0.1, 0.15) is 24.8 Å². The number of anilines is 1. The summed E-state index contributed by atoms with van der Waals surface area (Å²) in [6.45, 7) is 0.792. The van der Waals surface area contributed by atoms with E-state index in [0.29, 0.717) is 11.8 Å². The van der Waals surface area contributed by atoms with Gasteiger partial charge in [-0.3, -0.25) is 0 Å². The Bertz CT molecular complexity index is 641. The first-order valence-corrected chi connectivity index (χ1v) is 7.52. The minimum atomic E-state index is 0.0963. The van der Waals surface area contributed by atoms with Crippen LogP contribution in [0, 0.1) is 0 Å². The molecular weight excluding hydrogens is 278 g/mol. The molecule has 5 nitrogen and oxygen atoms in total. The quantitative estimate of drug-likeness (QED) is 0.888. The van der Waals surface area contributed by atoms with Crippen molar-refractivity contribution >= 4 is 5.95 Å². The number of benzene rings is 1. The summed E-state index contributed by atoms with van der Waals surface area (Å²) < 4.78 is 10.7. The van der Waals surface area contributed by atoms with Crippen molar-refractivity contribution in [3.8, 4) is 11.6 Å². The third kappa shape index (κ3) is 2.71. The summed E-state index contributed by atoms with van der Waals surface area (Å²) in [6.07, 6.45) is 5.22. The SMILES string of the molecule is COc1ccnc(NCC2(c3ccccc3OC)CCC2)n1. The highest BCUT2D eigenvalue weighted by molar-refractivity contribution is 5.43. The monoisotopic (exact) mass is 299 g/mol. The third-order valence-electron chi connectivity index (χ3n) is 4.41. The van der Waals surface area contributed by atoms with Crippen molar-refractivity contribution in [2.45, 2.75) is 24.7 Å². The van der Waals surface area contributed by atoms with E-state index in [0.717, 1.165) is 25.1 Å². The molecule has 3 rings (SSSR count). The van der Waals surface area contributed by atoms with E-state index in [4.69, 9.17) is 9.47 Å². The summed E-state index contributed by atoms with van der Waals surface area (Å²) >= 11 is 0. The first-order chi connectivity index (χ1) is 10.8. The van der Waals surface area contributed by atoms with Crippen molar-refractivity contribution in [2.75, 3.05) is 26.1 Å². The molecule has 0 atom stereocenters. The number of methoxy groups -OCH3 is 2. The van der Waals surface area contributed by atoms with Crippen molar-refractivity contribution < 1.29 is 9.47 Å². The van der Waals surface area contributed by atoms with Crippen molar-refractivity contribution in [3.05, 3.63) is 42.1 Å². The lowest BCUT2D eigenvalue weighted by atomic mass is 9.64. The van der Waals surface area contributed by atoms with Crippen LogP contribution in [-0.4, -0.2) is 30.7 Å². The molecule has 0 spiro atoms. The van der Waals surface area contributed by atoms with Gasteiger partial charge >= 0.3 is 0 Å². The van der Waals surface area contributed by atoms with E-state index < -0.39 is 0 Å². The van der Waals surface area contributed by atoms with Gasteiger partial charge in [-0.15, -0.1) is 0 Å². The molecule has 1 aliphatic carbocycles. The Labute approximate surface area is 130 Å². The first-order valence-electron chi connectivity index (χ1n) is 7.52. The maximum Gasteiger partial charge on any atom is 0.225 e. The molecule has 0 saturated heterocycles. The molecule has 5 heteroatoms. The number of para-hydroxylation sites is 1. The minimum absolute atomic E-state index is 0.0963. The van der Waals surface area contributed by atoms with Gasteiger partial charge in [0.2, 0.25) is 11.8 Å². The van der Waals surface area contributed by atoms with E-state index >= 15 is 0 Å². The van der Waals surface area contributed by atoms with Gasteiger partial charge in [0.25, 0.3) is 0 Å². The lowest BCUT2D eigenvalue weighted by molar-refractivity contribution is 0.249. The highest BCUT2D eigenvalue weighted by atomic mass is 16.5.